The third kappa shape index (κ3) is 5.42. The van der Waals surface area contributed by atoms with Gasteiger partial charge in [-0.1, -0.05) is 30.3 Å². The molecule has 3 rings (SSSR count). The Bertz CT molecular complexity index is 713. The summed E-state index contributed by atoms with van der Waals surface area (Å²) in [5.41, 5.74) is 4.51. The molecule has 146 valence electrons. The van der Waals surface area contributed by atoms with E-state index in [4.69, 9.17) is 0 Å². The van der Waals surface area contributed by atoms with E-state index in [2.05, 4.69) is 50.7 Å². The predicted molar refractivity (Wildman–Crippen MR) is 109 cm³/mol. The SMILES string of the molecule is Cc1n[nH]c(C)c1[C@@H](C)NC(=O)CC1CCN(CCc2ccccc2)CC1. The summed E-state index contributed by atoms with van der Waals surface area (Å²) in [7, 11) is 0. The van der Waals surface area contributed by atoms with Gasteiger partial charge in [0, 0.05) is 24.2 Å². The molecule has 0 aliphatic carbocycles. The summed E-state index contributed by atoms with van der Waals surface area (Å²) in [6, 6.07) is 10.7. The van der Waals surface area contributed by atoms with Crippen LogP contribution in [0.25, 0.3) is 0 Å². The minimum atomic E-state index is 0.00205. The van der Waals surface area contributed by atoms with Crippen LogP contribution in [0.4, 0.5) is 0 Å². The molecule has 0 radical (unpaired) electrons. The number of nitrogens with zero attached hydrogens (tertiary/aromatic N) is 2. The molecule has 0 spiro atoms. The molecular weight excluding hydrogens is 336 g/mol. The molecule has 2 aromatic rings. The highest BCUT2D eigenvalue weighted by Gasteiger charge is 2.23. The molecule has 0 saturated carbocycles. The van der Waals surface area contributed by atoms with Crippen LogP contribution in [0, 0.1) is 19.8 Å². The third-order valence-corrected chi connectivity index (χ3v) is 5.74. The quantitative estimate of drug-likeness (QED) is 0.786. The van der Waals surface area contributed by atoms with Crippen LogP contribution in [-0.4, -0.2) is 40.6 Å². The van der Waals surface area contributed by atoms with Crippen LogP contribution in [0.2, 0.25) is 0 Å². The average Bonchev–Trinajstić information content (AvgIpc) is 3.00. The number of piperidine rings is 1. The maximum Gasteiger partial charge on any atom is 0.220 e. The molecule has 1 saturated heterocycles. The van der Waals surface area contributed by atoms with Crippen LogP contribution in [0.1, 0.15) is 54.7 Å². The Hall–Kier alpha value is -2.14. The van der Waals surface area contributed by atoms with Gasteiger partial charge in [-0.3, -0.25) is 9.89 Å². The Morgan fingerprint density at radius 1 is 1.26 bits per heavy atom. The minimum Gasteiger partial charge on any atom is -0.349 e. The van der Waals surface area contributed by atoms with Crippen LogP contribution in [0.15, 0.2) is 30.3 Å². The number of hydrogen-bond acceptors (Lipinski definition) is 3. The zero-order valence-corrected chi connectivity index (χ0v) is 16.8. The van der Waals surface area contributed by atoms with Crippen molar-refractivity contribution in [3.8, 4) is 0 Å². The number of aromatic amines is 1. The molecule has 5 heteroatoms. The lowest BCUT2D eigenvalue weighted by Crippen LogP contribution is -2.37. The first-order valence-corrected chi connectivity index (χ1v) is 10.1. The summed E-state index contributed by atoms with van der Waals surface area (Å²) in [4.78, 5) is 15.0. The van der Waals surface area contributed by atoms with Crippen molar-refractivity contribution in [1.29, 1.82) is 0 Å². The summed E-state index contributed by atoms with van der Waals surface area (Å²) in [5, 5.41) is 10.4. The van der Waals surface area contributed by atoms with E-state index in [9.17, 15) is 4.79 Å². The van der Waals surface area contributed by atoms with E-state index >= 15 is 0 Å². The van der Waals surface area contributed by atoms with Crippen LogP contribution < -0.4 is 5.32 Å². The van der Waals surface area contributed by atoms with Gasteiger partial charge in [0.2, 0.25) is 5.91 Å². The van der Waals surface area contributed by atoms with Crippen molar-refractivity contribution in [3.63, 3.8) is 0 Å². The van der Waals surface area contributed by atoms with E-state index in [1.807, 2.05) is 20.8 Å². The fourth-order valence-corrected chi connectivity index (χ4v) is 4.18. The molecule has 0 unspecified atom stereocenters. The normalized spacial score (nSPS) is 17.0. The Kier molecular flexibility index (Phi) is 6.67. The van der Waals surface area contributed by atoms with E-state index < -0.39 is 0 Å². The van der Waals surface area contributed by atoms with Gasteiger partial charge < -0.3 is 10.2 Å². The van der Waals surface area contributed by atoms with E-state index in [1.54, 1.807) is 0 Å². The molecule has 1 aliphatic rings. The predicted octanol–water partition coefficient (Wildman–Crippen LogP) is 3.55. The van der Waals surface area contributed by atoms with Crippen LogP contribution in [0.3, 0.4) is 0 Å². The molecule has 1 aromatic heterocycles. The Morgan fingerprint density at radius 2 is 1.96 bits per heavy atom. The lowest BCUT2D eigenvalue weighted by molar-refractivity contribution is -0.123. The van der Waals surface area contributed by atoms with E-state index in [0.717, 1.165) is 55.8 Å². The van der Waals surface area contributed by atoms with Crippen molar-refractivity contribution in [2.24, 2.45) is 5.92 Å². The minimum absolute atomic E-state index is 0.00205. The number of hydrogen-bond donors (Lipinski definition) is 2. The van der Waals surface area contributed by atoms with Gasteiger partial charge in [-0.05, 0) is 64.6 Å². The highest BCUT2D eigenvalue weighted by Crippen LogP contribution is 2.23. The first-order chi connectivity index (χ1) is 13.0. The van der Waals surface area contributed by atoms with Gasteiger partial charge in [-0.15, -0.1) is 0 Å². The first kappa shape index (κ1) is 19.6. The molecule has 0 bridgehead atoms. The molecule has 2 N–H and O–H groups in total. The van der Waals surface area contributed by atoms with Gasteiger partial charge in [0.05, 0.1) is 11.7 Å². The largest absolute Gasteiger partial charge is 0.349 e. The molecule has 1 fully saturated rings. The van der Waals surface area contributed by atoms with E-state index in [1.165, 1.54) is 5.56 Å². The smallest absolute Gasteiger partial charge is 0.220 e. The Morgan fingerprint density at radius 3 is 2.59 bits per heavy atom. The molecule has 27 heavy (non-hydrogen) atoms. The maximum atomic E-state index is 12.5. The second kappa shape index (κ2) is 9.18. The van der Waals surface area contributed by atoms with Gasteiger partial charge in [0.1, 0.15) is 0 Å². The van der Waals surface area contributed by atoms with Gasteiger partial charge in [0.15, 0.2) is 0 Å². The van der Waals surface area contributed by atoms with Crippen LogP contribution in [-0.2, 0) is 11.2 Å². The topological polar surface area (TPSA) is 61.0 Å². The summed E-state index contributed by atoms with van der Waals surface area (Å²) < 4.78 is 0. The number of H-pyrrole nitrogens is 1. The second-order valence-electron chi connectivity index (χ2n) is 7.86. The zero-order chi connectivity index (χ0) is 19.2. The van der Waals surface area contributed by atoms with Gasteiger partial charge >= 0.3 is 0 Å². The second-order valence-corrected chi connectivity index (χ2v) is 7.86. The molecule has 1 atom stereocenters. The number of carbonyl (C=O) groups is 1. The highest BCUT2D eigenvalue weighted by molar-refractivity contribution is 5.76. The van der Waals surface area contributed by atoms with Crippen molar-refractivity contribution in [3.05, 3.63) is 52.8 Å². The van der Waals surface area contributed by atoms with Gasteiger partial charge in [0.25, 0.3) is 0 Å². The molecule has 2 heterocycles. The van der Waals surface area contributed by atoms with Crippen molar-refractivity contribution in [1.82, 2.24) is 20.4 Å². The molecule has 5 nitrogen and oxygen atoms in total. The Balaban J connectivity index is 1.39. The van der Waals surface area contributed by atoms with Crippen molar-refractivity contribution in [2.75, 3.05) is 19.6 Å². The van der Waals surface area contributed by atoms with Crippen LogP contribution >= 0.6 is 0 Å². The number of aryl methyl sites for hydroxylation is 2. The lowest BCUT2D eigenvalue weighted by atomic mass is 9.92. The molecule has 1 aliphatic heterocycles. The van der Waals surface area contributed by atoms with E-state index in [0.29, 0.717) is 12.3 Å². The average molecular weight is 369 g/mol. The summed E-state index contributed by atoms with van der Waals surface area (Å²) >= 11 is 0. The van der Waals surface area contributed by atoms with Gasteiger partial charge in [-0.2, -0.15) is 5.10 Å². The monoisotopic (exact) mass is 368 g/mol. The highest BCUT2D eigenvalue weighted by atomic mass is 16.1. The van der Waals surface area contributed by atoms with Crippen molar-refractivity contribution in [2.45, 2.75) is 52.5 Å². The zero-order valence-electron chi connectivity index (χ0n) is 16.8. The number of benzene rings is 1. The summed E-state index contributed by atoms with van der Waals surface area (Å²) in [6.45, 7) is 9.32. The van der Waals surface area contributed by atoms with Crippen molar-refractivity contribution < 1.29 is 4.79 Å². The third-order valence-electron chi connectivity index (χ3n) is 5.74. The molecular formula is C22H32N4O. The number of nitrogens with one attached hydrogen (secondary N) is 2. The number of rotatable bonds is 7. The van der Waals surface area contributed by atoms with Crippen molar-refractivity contribution >= 4 is 5.91 Å². The Labute approximate surface area is 162 Å². The number of amides is 1. The molecule has 1 amide bonds. The molecule has 1 aromatic carbocycles. The maximum absolute atomic E-state index is 12.5. The van der Waals surface area contributed by atoms with E-state index in [-0.39, 0.29) is 11.9 Å². The van der Waals surface area contributed by atoms with Crippen LogP contribution in [0.5, 0.6) is 0 Å². The number of aromatic nitrogens is 2. The first-order valence-electron chi connectivity index (χ1n) is 10.1. The lowest BCUT2D eigenvalue weighted by Gasteiger charge is -2.32. The summed E-state index contributed by atoms with van der Waals surface area (Å²) in [5.74, 6) is 0.655. The van der Waals surface area contributed by atoms with Gasteiger partial charge in [-0.25, -0.2) is 0 Å². The summed E-state index contributed by atoms with van der Waals surface area (Å²) in [6.07, 6.45) is 3.96. The fourth-order valence-electron chi connectivity index (χ4n) is 4.18. The number of likely N-dealkylation sites (tertiary alicyclic amines) is 1. The fraction of sp³-hybridized carbons (Fsp3) is 0.545. The number of carbonyl (C=O) groups excluding carboxylic acids is 1. The standard InChI is InChI=1S/C22H32N4O/c1-16(22-17(2)24-25-18(22)3)23-21(27)15-20-10-13-26(14-11-20)12-9-19-7-5-4-6-8-19/h4-8,16,20H,9-15H2,1-3H3,(H,23,27)(H,24,25)/t16-/m1/s1.